The second kappa shape index (κ2) is 5.68. The number of hydrogen-bond donors (Lipinski definition) is 1. The summed E-state index contributed by atoms with van der Waals surface area (Å²) in [5.74, 6) is -0.971. The molecule has 1 heterocycles. The van der Waals surface area contributed by atoms with Crippen molar-refractivity contribution in [1.82, 2.24) is 9.78 Å². The summed E-state index contributed by atoms with van der Waals surface area (Å²) in [7, 11) is 0. The number of aromatic nitrogens is 2. The zero-order valence-corrected chi connectivity index (χ0v) is 13.0. The summed E-state index contributed by atoms with van der Waals surface area (Å²) in [6.45, 7) is 9.54. The molecule has 1 amide bonds. The Morgan fingerprint density at radius 1 is 1.29 bits per heavy atom. The van der Waals surface area contributed by atoms with E-state index in [-0.39, 0.29) is 11.6 Å². The van der Waals surface area contributed by atoms with Gasteiger partial charge in [0.25, 0.3) is 5.91 Å². The molecule has 0 bridgehead atoms. The Labute approximate surface area is 124 Å². The fourth-order valence-electron chi connectivity index (χ4n) is 2.33. The molecule has 0 saturated heterocycles. The molecule has 0 fully saturated rings. The molecule has 0 saturated carbocycles. The first-order chi connectivity index (χ1) is 9.81. The van der Waals surface area contributed by atoms with Crippen molar-refractivity contribution in [1.29, 1.82) is 0 Å². The molecule has 0 atom stereocenters. The Kier molecular flexibility index (Phi) is 4.11. The van der Waals surface area contributed by atoms with Gasteiger partial charge in [-0.2, -0.15) is 5.10 Å². The standard InChI is InChI=1S/C16H20FN3O/c1-9(2)20-12(5)15(11(4)19-20)18-16(21)13-7-6-10(3)8-14(13)17/h6-9H,1-5H3,(H,18,21). The highest BCUT2D eigenvalue weighted by molar-refractivity contribution is 6.05. The van der Waals surface area contributed by atoms with E-state index in [1.807, 2.05) is 32.4 Å². The summed E-state index contributed by atoms with van der Waals surface area (Å²) in [6.07, 6.45) is 0. The number of anilines is 1. The minimum Gasteiger partial charge on any atom is -0.319 e. The van der Waals surface area contributed by atoms with Crippen LogP contribution in [0.4, 0.5) is 10.1 Å². The van der Waals surface area contributed by atoms with E-state index in [9.17, 15) is 9.18 Å². The van der Waals surface area contributed by atoms with Gasteiger partial charge in [0.2, 0.25) is 0 Å². The molecule has 2 rings (SSSR count). The van der Waals surface area contributed by atoms with Gasteiger partial charge in [0.05, 0.1) is 22.6 Å². The van der Waals surface area contributed by atoms with Crippen molar-refractivity contribution in [3.05, 3.63) is 46.5 Å². The van der Waals surface area contributed by atoms with Crippen molar-refractivity contribution in [2.24, 2.45) is 0 Å². The molecule has 0 aliphatic carbocycles. The van der Waals surface area contributed by atoms with Gasteiger partial charge in [-0.25, -0.2) is 4.39 Å². The van der Waals surface area contributed by atoms with E-state index in [1.165, 1.54) is 12.1 Å². The molecule has 1 N–H and O–H groups in total. The molecule has 0 aliphatic rings. The van der Waals surface area contributed by atoms with Crippen molar-refractivity contribution in [3.8, 4) is 0 Å². The third-order valence-electron chi connectivity index (χ3n) is 3.42. The summed E-state index contributed by atoms with van der Waals surface area (Å²) < 4.78 is 15.7. The smallest absolute Gasteiger partial charge is 0.258 e. The quantitative estimate of drug-likeness (QED) is 0.934. The van der Waals surface area contributed by atoms with Gasteiger partial charge in [-0.3, -0.25) is 9.48 Å². The van der Waals surface area contributed by atoms with Crippen molar-refractivity contribution in [2.75, 3.05) is 5.32 Å². The molecule has 0 radical (unpaired) electrons. The Balaban J connectivity index is 2.32. The summed E-state index contributed by atoms with van der Waals surface area (Å²) >= 11 is 0. The summed E-state index contributed by atoms with van der Waals surface area (Å²) in [5, 5.41) is 7.17. The number of nitrogens with zero attached hydrogens (tertiary/aromatic N) is 2. The van der Waals surface area contributed by atoms with Crippen LogP contribution in [0, 0.1) is 26.6 Å². The number of rotatable bonds is 3. The van der Waals surface area contributed by atoms with Crippen LogP contribution in [0.25, 0.3) is 0 Å². The topological polar surface area (TPSA) is 46.9 Å². The Hall–Kier alpha value is -2.17. The maximum Gasteiger partial charge on any atom is 0.258 e. The van der Waals surface area contributed by atoms with Crippen LogP contribution < -0.4 is 5.32 Å². The zero-order valence-electron chi connectivity index (χ0n) is 13.0. The molecular weight excluding hydrogens is 269 g/mol. The summed E-state index contributed by atoms with van der Waals surface area (Å²) in [4.78, 5) is 12.2. The number of amides is 1. The third kappa shape index (κ3) is 2.96. The van der Waals surface area contributed by atoms with Crippen molar-refractivity contribution in [3.63, 3.8) is 0 Å². The highest BCUT2D eigenvalue weighted by atomic mass is 19.1. The van der Waals surface area contributed by atoms with E-state index in [0.717, 1.165) is 17.0 Å². The van der Waals surface area contributed by atoms with E-state index in [0.29, 0.717) is 5.69 Å². The molecule has 5 heteroatoms. The molecular formula is C16H20FN3O. The van der Waals surface area contributed by atoms with E-state index in [1.54, 1.807) is 13.0 Å². The first-order valence-electron chi connectivity index (χ1n) is 6.94. The lowest BCUT2D eigenvalue weighted by Gasteiger charge is -2.10. The normalized spacial score (nSPS) is 11.0. The van der Waals surface area contributed by atoms with E-state index >= 15 is 0 Å². The number of carbonyl (C=O) groups is 1. The molecule has 2 aromatic rings. The van der Waals surface area contributed by atoms with Crippen molar-refractivity contribution >= 4 is 11.6 Å². The van der Waals surface area contributed by atoms with Gasteiger partial charge in [-0.1, -0.05) is 6.07 Å². The number of hydrogen-bond acceptors (Lipinski definition) is 2. The van der Waals surface area contributed by atoms with Gasteiger partial charge in [0, 0.05) is 6.04 Å². The van der Waals surface area contributed by atoms with Crippen LogP contribution in [-0.2, 0) is 0 Å². The first-order valence-corrected chi connectivity index (χ1v) is 6.94. The van der Waals surface area contributed by atoms with Crippen molar-refractivity contribution in [2.45, 2.75) is 40.7 Å². The van der Waals surface area contributed by atoms with Gasteiger partial charge in [-0.15, -0.1) is 0 Å². The average Bonchev–Trinajstić information content (AvgIpc) is 2.66. The molecule has 4 nitrogen and oxygen atoms in total. The Bertz CT molecular complexity index is 689. The Morgan fingerprint density at radius 3 is 2.48 bits per heavy atom. The predicted molar refractivity (Wildman–Crippen MR) is 81.2 cm³/mol. The molecule has 112 valence electrons. The number of benzene rings is 1. The average molecular weight is 289 g/mol. The number of carbonyl (C=O) groups excluding carboxylic acids is 1. The molecule has 21 heavy (non-hydrogen) atoms. The van der Waals surface area contributed by atoms with Crippen LogP contribution in [0.3, 0.4) is 0 Å². The van der Waals surface area contributed by atoms with Crippen molar-refractivity contribution < 1.29 is 9.18 Å². The molecule has 0 aliphatic heterocycles. The number of halogens is 1. The van der Waals surface area contributed by atoms with Gasteiger partial charge < -0.3 is 5.32 Å². The minimum absolute atomic E-state index is 0.0386. The van der Waals surface area contributed by atoms with Gasteiger partial charge in [0.15, 0.2) is 0 Å². The molecule has 1 aromatic carbocycles. The van der Waals surface area contributed by atoms with Crippen LogP contribution in [0.15, 0.2) is 18.2 Å². The number of aryl methyl sites for hydroxylation is 2. The zero-order chi connectivity index (χ0) is 15.7. The highest BCUT2D eigenvalue weighted by Gasteiger charge is 2.18. The van der Waals surface area contributed by atoms with E-state index in [2.05, 4.69) is 10.4 Å². The van der Waals surface area contributed by atoms with Gasteiger partial charge in [0.1, 0.15) is 5.82 Å². The predicted octanol–water partition coefficient (Wildman–Crippen LogP) is 3.78. The van der Waals surface area contributed by atoms with Gasteiger partial charge in [-0.05, 0) is 52.3 Å². The highest BCUT2D eigenvalue weighted by Crippen LogP contribution is 2.23. The lowest BCUT2D eigenvalue weighted by molar-refractivity contribution is 0.102. The SMILES string of the molecule is Cc1ccc(C(=O)Nc2c(C)nn(C(C)C)c2C)c(F)c1. The van der Waals surface area contributed by atoms with E-state index in [4.69, 9.17) is 0 Å². The van der Waals surface area contributed by atoms with Gasteiger partial charge >= 0.3 is 0 Å². The molecule has 1 aromatic heterocycles. The van der Waals surface area contributed by atoms with Crippen LogP contribution in [0.1, 0.15) is 47.2 Å². The summed E-state index contributed by atoms with van der Waals surface area (Å²) in [5.41, 5.74) is 3.06. The minimum atomic E-state index is -0.515. The van der Waals surface area contributed by atoms with E-state index < -0.39 is 11.7 Å². The van der Waals surface area contributed by atoms with Crippen LogP contribution in [0.2, 0.25) is 0 Å². The first kappa shape index (κ1) is 15.2. The maximum absolute atomic E-state index is 13.9. The maximum atomic E-state index is 13.9. The lowest BCUT2D eigenvalue weighted by Crippen LogP contribution is -2.15. The largest absolute Gasteiger partial charge is 0.319 e. The second-order valence-electron chi connectivity index (χ2n) is 5.52. The fraction of sp³-hybridized carbons (Fsp3) is 0.375. The van der Waals surface area contributed by atoms with Crippen LogP contribution in [0.5, 0.6) is 0 Å². The lowest BCUT2D eigenvalue weighted by atomic mass is 10.1. The Morgan fingerprint density at radius 2 is 1.95 bits per heavy atom. The monoisotopic (exact) mass is 289 g/mol. The number of nitrogens with one attached hydrogen (secondary N) is 1. The summed E-state index contributed by atoms with van der Waals surface area (Å²) in [6, 6.07) is 4.77. The van der Waals surface area contributed by atoms with Crippen LogP contribution >= 0.6 is 0 Å². The second-order valence-corrected chi connectivity index (χ2v) is 5.52. The third-order valence-corrected chi connectivity index (χ3v) is 3.42. The molecule has 0 unspecified atom stereocenters. The van der Waals surface area contributed by atoms with Crippen LogP contribution in [-0.4, -0.2) is 15.7 Å². The fourth-order valence-corrected chi connectivity index (χ4v) is 2.33. The molecule has 0 spiro atoms.